The number of rotatable bonds is 7. The predicted molar refractivity (Wildman–Crippen MR) is 145 cm³/mol. The molecule has 0 radical (unpaired) electrons. The van der Waals surface area contributed by atoms with Crippen LogP contribution < -0.4 is 5.32 Å². The zero-order valence-corrected chi connectivity index (χ0v) is 22.6. The summed E-state index contributed by atoms with van der Waals surface area (Å²) in [5, 5.41) is 7.10. The fourth-order valence-electron chi connectivity index (χ4n) is 5.18. The molecule has 5 rings (SSSR count). The fraction of sp³-hybridized carbons (Fsp3) is 0.464. The van der Waals surface area contributed by atoms with Crippen LogP contribution in [-0.2, 0) is 21.4 Å². The SMILES string of the molecule is Cc1ccccc1-c1noc(CN2CCC(C(=O)Nc3ccc(S(=O)(=O)N4CCCCCC4)cc3)CC2)n1. The van der Waals surface area contributed by atoms with Crippen LogP contribution >= 0.6 is 0 Å². The minimum absolute atomic E-state index is 0.0348. The summed E-state index contributed by atoms with van der Waals surface area (Å²) in [5.41, 5.74) is 2.67. The number of nitrogens with zero attached hydrogens (tertiary/aromatic N) is 4. The first-order valence-corrected chi connectivity index (χ1v) is 14.9. The zero-order chi connectivity index (χ0) is 26.5. The summed E-state index contributed by atoms with van der Waals surface area (Å²) in [4.78, 5) is 20.0. The maximum Gasteiger partial charge on any atom is 0.243 e. The summed E-state index contributed by atoms with van der Waals surface area (Å²) in [6, 6.07) is 14.5. The fourth-order valence-corrected chi connectivity index (χ4v) is 6.70. The van der Waals surface area contributed by atoms with Gasteiger partial charge in [-0.05, 0) is 75.5 Å². The highest BCUT2D eigenvalue weighted by atomic mass is 32.2. The van der Waals surface area contributed by atoms with Crippen LogP contribution in [0.4, 0.5) is 5.69 Å². The topological polar surface area (TPSA) is 109 Å². The summed E-state index contributed by atoms with van der Waals surface area (Å²) in [7, 11) is -3.50. The summed E-state index contributed by atoms with van der Waals surface area (Å²) in [6.45, 7) is 5.23. The van der Waals surface area contributed by atoms with Crippen molar-refractivity contribution in [1.82, 2.24) is 19.3 Å². The Hall–Kier alpha value is -3.08. The average Bonchev–Trinajstić information content (AvgIpc) is 3.19. The number of carbonyl (C=O) groups is 1. The summed E-state index contributed by atoms with van der Waals surface area (Å²) in [6.07, 6.45) is 5.40. The van der Waals surface area contributed by atoms with E-state index in [9.17, 15) is 13.2 Å². The highest BCUT2D eigenvalue weighted by Gasteiger charge is 2.27. The van der Waals surface area contributed by atoms with Gasteiger partial charge in [0, 0.05) is 30.3 Å². The number of nitrogens with one attached hydrogen (secondary N) is 1. The molecule has 2 aliphatic heterocycles. The van der Waals surface area contributed by atoms with Crippen molar-refractivity contribution in [3.05, 3.63) is 60.0 Å². The van der Waals surface area contributed by atoms with E-state index in [1.54, 1.807) is 28.6 Å². The molecule has 2 aliphatic rings. The van der Waals surface area contributed by atoms with Crippen molar-refractivity contribution in [2.24, 2.45) is 5.92 Å². The smallest absolute Gasteiger partial charge is 0.243 e. The van der Waals surface area contributed by atoms with E-state index < -0.39 is 10.0 Å². The Morgan fingerprint density at radius 1 is 0.974 bits per heavy atom. The van der Waals surface area contributed by atoms with Crippen LogP contribution in [0.25, 0.3) is 11.4 Å². The van der Waals surface area contributed by atoms with Crippen LogP contribution in [-0.4, -0.2) is 59.8 Å². The molecule has 0 bridgehead atoms. The van der Waals surface area contributed by atoms with Gasteiger partial charge in [-0.3, -0.25) is 9.69 Å². The van der Waals surface area contributed by atoms with Crippen molar-refractivity contribution in [1.29, 1.82) is 0 Å². The van der Waals surface area contributed by atoms with Crippen molar-refractivity contribution in [2.45, 2.75) is 56.9 Å². The number of aromatic nitrogens is 2. The highest BCUT2D eigenvalue weighted by Crippen LogP contribution is 2.25. The first-order chi connectivity index (χ1) is 18.4. The maximum absolute atomic E-state index is 13.0. The van der Waals surface area contributed by atoms with Crippen LogP contribution in [0.3, 0.4) is 0 Å². The monoisotopic (exact) mass is 537 g/mol. The van der Waals surface area contributed by atoms with Gasteiger partial charge in [0.05, 0.1) is 11.4 Å². The first-order valence-electron chi connectivity index (χ1n) is 13.4. The average molecular weight is 538 g/mol. The van der Waals surface area contributed by atoms with E-state index in [4.69, 9.17) is 4.52 Å². The van der Waals surface area contributed by atoms with E-state index in [1.165, 1.54) is 0 Å². The number of amides is 1. The number of aryl methyl sites for hydroxylation is 1. The third-order valence-electron chi connectivity index (χ3n) is 7.50. The lowest BCUT2D eigenvalue weighted by Crippen LogP contribution is -2.37. The largest absolute Gasteiger partial charge is 0.338 e. The Morgan fingerprint density at radius 2 is 1.66 bits per heavy atom. The second-order valence-corrected chi connectivity index (χ2v) is 12.1. The Kier molecular flexibility index (Phi) is 8.21. The second kappa shape index (κ2) is 11.8. The molecule has 2 saturated heterocycles. The molecule has 0 saturated carbocycles. The van der Waals surface area contributed by atoms with E-state index in [0.29, 0.717) is 37.0 Å². The normalized spacial score (nSPS) is 18.2. The number of anilines is 1. The molecule has 1 N–H and O–H groups in total. The van der Waals surface area contributed by atoms with Gasteiger partial charge < -0.3 is 9.84 Å². The summed E-state index contributed by atoms with van der Waals surface area (Å²) < 4.78 is 33.0. The molecule has 202 valence electrons. The maximum atomic E-state index is 13.0. The van der Waals surface area contributed by atoms with Gasteiger partial charge in [0.25, 0.3) is 0 Å². The zero-order valence-electron chi connectivity index (χ0n) is 21.8. The van der Waals surface area contributed by atoms with E-state index in [0.717, 1.165) is 62.7 Å². The molecule has 3 heterocycles. The lowest BCUT2D eigenvalue weighted by Gasteiger charge is -2.30. The lowest BCUT2D eigenvalue weighted by atomic mass is 9.96. The van der Waals surface area contributed by atoms with Crippen LogP contribution in [0, 0.1) is 12.8 Å². The van der Waals surface area contributed by atoms with Gasteiger partial charge in [-0.2, -0.15) is 9.29 Å². The number of piperidine rings is 1. The highest BCUT2D eigenvalue weighted by molar-refractivity contribution is 7.89. The molecule has 9 nitrogen and oxygen atoms in total. The molecule has 1 aromatic heterocycles. The predicted octanol–water partition coefficient (Wildman–Crippen LogP) is 4.46. The van der Waals surface area contributed by atoms with Crippen molar-refractivity contribution >= 4 is 21.6 Å². The summed E-state index contributed by atoms with van der Waals surface area (Å²) in [5.74, 6) is 1.03. The number of benzene rings is 2. The summed E-state index contributed by atoms with van der Waals surface area (Å²) >= 11 is 0. The Morgan fingerprint density at radius 3 is 2.34 bits per heavy atom. The van der Waals surface area contributed by atoms with Crippen LogP contribution in [0.2, 0.25) is 0 Å². The van der Waals surface area contributed by atoms with Gasteiger partial charge in [-0.25, -0.2) is 8.42 Å². The van der Waals surface area contributed by atoms with Gasteiger partial charge in [-0.15, -0.1) is 0 Å². The van der Waals surface area contributed by atoms with E-state index in [-0.39, 0.29) is 16.7 Å². The van der Waals surface area contributed by atoms with Crippen LogP contribution in [0.1, 0.15) is 50.0 Å². The van der Waals surface area contributed by atoms with Crippen molar-refractivity contribution in [2.75, 3.05) is 31.5 Å². The molecule has 2 fully saturated rings. The quantitative estimate of drug-likeness (QED) is 0.474. The molecule has 1 amide bonds. The van der Waals surface area contributed by atoms with Crippen molar-refractivity contribution in [3.63, 3.8) is 0 Å². The molecule has 3 aromatic rings. The molecule has 38 heavy (non-hydrogen) atoms. The molecular weight excluding hydrogens is 502 g/mol. The second-order valence-electron chi connectivity index (χ2n) is 10.2. The number of hydrogen-bond acceptors (Lipinski definition) is 7. The van der Waals surface area contributed by atoms with Crippen LogP contribution in [0.15, 0.2) is 57.9 Å². The van der Waals surface area contributed by atoms with Gasteiger partial charge in [0.1, 0.15) is 0 Å². The van der Waals surface area contributed by atoms with E-state index in [2.05, 4.69) is 20.4 Å². The number of hydrogen-bond donors (Lipinski definition) is 1. The Labute approximate surface area is 224 Å². The molecule has 0 spiro atoms. The molecular formula is C28H35N5O4S. The molecule has 0 unspecified atom stereocenters. The third kappa shape index (κ3) is 6.14. The standard InChI is InChI=1S/C28H35N5O4S/c1-21-8-4-5-9-25(21)27-30-26(37-31-27)20-32-18-14-22(15-19-32)28(34)29-23-10-12-24(13-11-23)38(35,36)33-16-6-2-3-7-17-33/h4-5,8-13,22H,2-3,6-7,14-20H2,1H3,(H,29,34). The van der Waals surface area contributed by atoms with Gasteiger partial charge in [0.15, 0.2) is 0 Å². The van der Waals surface area contributed by atoms with Gasteiger partial charge in [-0.1, -0.05) is 42.3 Å². The van der Waals surface area contributed by atoms with Crippen molar-refractivity contribution in [3.8, 4) is 11.4 Å². The van der Waals surface area contributed by atoms with Crippen LogP contribution in [0.5, 0.6) is 0 Å². The first kappa shape index (κ1) is 26.5. The van der Waals surface area contributed by atoms with E-state index >= 15 is 0 Å². The lowest BCUT2D eigenvalue weighted by molar-refractivity contribution is -0.121. The Balaban J connectivity index is 1.11. The molecule has 0 aliphatic carbocycles. The molecule has 2 aromatic carbocycles. The van der Waals surface area contributed by atoms with Gasteiger partial charge >= 0.3 is 0 Å². The Bertz CT molecular complexity index is 1340. The minimum atomic E-state index is -3.50. The van der Waals surface area contributed by atoms with Gasteiger partial charge in [0.2, 0.25) is 27.6 Å². The third-order valence-corrected chi connectivity index (χ3v) is 9.41. The van der Waals surface area contributed by atoms with Crippen molar-refractivity contribution < 1.29 is 17.7 Å². The number of likely N-dealkylation sites (tertiary alicyclic amines) is 1. The molecule has 0 atom stereocenters. The minimum Gasteiger partial charge on any atom is -0.338 e. The molecule has 10 heteroatoms. The van der Waals surface area contributed by atoms with E-state index in [1.807, 2.05) is 31.2 Å². The number of carbonyl (C=O) groups excluding carboxylic acids is 1. The number of sulfonamides is 1.